The maximum atomic E-state index is 5.92. The van der Waals surface area contributed by atoms with Gasteiger partial charge in [0.15, 0.2) is 0 Å². The van der Waals surface area contributed by atoms with Crippen LogP contribution in [0.5, 0.6) is 0 Å². The quantitative estimate of drug-likeness (QED) is 0.404. The molecule has 0 aliphatic rings. The third-order valence-corrected chi connectivity index (χ3v) is 3.77. The van der Waals surface area contributed by atoms with Crippen LogP contribution in [-0.4, -0.2) is 4.98 Å². The molecule has 0 aliphatic heterocycles. The number of benzene rings is 3. The Labute approximate surface area is 122 Å². The summed E-state index contributed by atoms with van der Waals surface area (Å²) in [6.07, 6.45) is 0. The number of hydrogen-bond donors (Lipinski definition) is 1. The Bertz CT molecular complexity index is 958. The molecule has 0 atom stereocenters. The third-order valence-electron chi connectivity index (χ3n) is 3.77. The highest BCUT2D eigenvalue weighted by Crippen LogP contribution is 2.32. The Hall–Kier alpha value is -2.87. The molecule has 2 nitrogen and oxygen atoms in total. The van der Waals surface area contributed by atoms with E-state index >= 15 is 0 Å². The van der Waals surface area contributed by atoms with Gasteiger partial charge in [-0.1, -0.05) is 54.6 Å². The maximum Gasteiger partial charge on any atom is 0.0788 e. The van der Waals surface area contributed by atoms with Crippen LogP contribution < -0.4 is 5.73 Å². The molecule has 0 bridgehead atoms. The van der Waals surface area contributed by atoms with Crippen molar-refractivity contribution in [2.45, 2.75) is 0 Å². The normalized spacial score (nSPS) is 11.0. The Morgan fingerprint density at radius 1 is 0.667 bits per heavy atom. The van der Waals surface area contributed by atoms with E-state index in [1.807, 2.05) is 24.3 Å². The maximum absolute atomic E-state index is 5.92. The van der Waals surface area contributed by atoms with Crippen LogP contribution in [0.4, 0.5) is 5.69 Å². The summed E-state index contributed by atoms with van der Waals surface area (Å²) in [5.74, 6) is 0. The molecule has 0 radical (unpaired) electrons. The second-order valence-electron chi connectivity index (χ2n) is 5.15. The second-order valence-corrected chi connectivity index (χ2v) is 5.15. The number of aromatic nitrogens is 1. The number of nitrogens with zero attached hydrogens (tertiary/aromatic N) is 1. The Balaban J connectivity index is 2.16. The third kappa shape index (κ3) is 1.93. The van der Waals surface area contributed by atoms with Crippen LogP contribution in [0.15, 0.2) is 72.8 Å². The van der Waals surface area contributed by atoms with Gasteiger partial charge in [-0.15, -0.1) is 0 Å². The van der Waals surface area contributed by atoms with E-state index in [9.17, 15) is 0 Å². The largest absolute Gasteiger partial charge is 0.399 e. The van der Waals surface area contributed by atoms with Crippen LogP contribution in [-0.2, 0) is 0 Å². The summed E-state index contributed by atoms with van der Waals surface area (Å²) in [4.78, 5) is 4.86. The molecule has 100 valence electrons. The summed E-state index contributed by atoms with van der Waals surface area (Å²) < 4.78 is 0. The number of pyridine rings is 1. The van der Waals surface area contributed by atoms with Gasteiger partial charge in [-0.25, -0.2) is 4.98 Å². The summed E-state index contributed by atoms with van der Waals surface area (Å²) in [6, 6.07) is 24.5. The molecule has 4 rings (SSSR count). The Morgan fingerprint density at radius 2 is 1.38 bits per heavy atom. The fourth-order valence-electron chi connectivity index (χ4n) is 2.81. The minimum Gasteiger partial charge on any atom is -0.399 e. The minimum atomic E-state index is 0.756. The lowest BCUT2D eigenvalue weighted by Crippen LogP contribution is -1.91. The van der Waals surface area contributed by atoms with E-state index < -0.39 is 0 Å². The Morgan fingerprint density at radius 3 is 2.19 bits per heavy atom. The summed E-state index contributed by atoms with van der Waals surface area (Å²) >= 11 is 0. The van der Waals surface area contributed by atoms with E-state index in [0.29, 0.717) is 0 Å². The number of para-hydroxylation sites is 1. The average molecular weight is 270 g/mol. The molecule has 0 aliphatic carbocycles. The van der Waals surface area contributed by atoms with Crippen molar-refractivity contribution in [3.05, 3.63) is 72.8 Å². The van der Waals surface area contributed by atoms with E-state index in [0.717, 1.165) is 27.8 Å². The molecule has 2 heteroatoms. The molecule has 0 spiro atoms. The molecule has 0 saturated heterocycles. The molecule has 1 aromatic heterocycles. The van der Waals surface area contributed by atoms with Crippen molar-refractivity contribution >= 4 is 27.4 Å². The molecule has 0 amide bonds. The van der Waals surface area contributed by atoms with Gasteiger partial charge < -0.3 is 5.73 Å². The van der Waals surface area contributed by atoms with Gasteiger partial charge in [-0.3, -0.25) is 0 Å². The zero-order valence-electron chi connectivity index (χ0n) is 11.5. The monoisotopic (exact) mass is 270 g/mol. The van der Waals surface area contributed by atoms with Gasteiger partial charge in [0.05, 0.1) is 11.2 Å². The first-order chi connectivity index (χ1) is 10.3. The van der Waals surface area contributed by atoms with Crippen molar-refractivity contribution in [2.75, 3.05) is 5.73 Å². The molecule has 2 N–H and O–H groups in total. The van der Waals surface area contributed by atoms with Gasteiger partial charge in [0, 0.05) is 22.0 Å². The lowest BCUT2D eigenvalue weighted by molar-refractivity contribution is 1.43. The van der Waals surface area contributed by atoms with Crippen LogP contribution in [0.1, 0.15) is 0 Å². The van der Waals surface area contributed by atoms with Crippen molar-refractivity contribution in [1.29, 1.82) is 0 Å². The van der Waals surface area contributed by atoms with Crippen molar-refractivity contribution < 1.29 is 0 Å². The van der Waals surface area contributed by atoms with Gasteiger partial charge in [-0.2, -0.15) is 0 Å². The predicted octanol–water partition coefficient (Wildman–Crippen LogP) is 4.64. The number of nitrogen functional groups attached to an aromatic ring is 1. The molecule has 3 aromatic carbocycles. The van der Waals surface area contributed by atoms with Crippen molar-refractivity contribution in [2.24, 2.45) is 0 Å². The Kier molecular flexibility index (Phi) is 2.61. The van der Waals surface area contributed by atoms with Crippen LogP contribution in [0.2, 0.25) is 0 Å². The summed E-state index contributed by atoms with van der Waals surface area (Å²) in [7, 11) is 0. The summed E-state index contributed by atoms with van der Waals surface area (Å²) in [6.45, 7) is 0. The van der Waals surface area contributed by atoms with Crippen LogP contribution in [0.25, 0.3) is 32.9 Å². The van der Waals surface area contributed by atoms with Crippen LogP contribution in [0.3, 0.4) is 0 Å². The predicted molar refractivity (Wildman–Crippen MR) is 89.1 cm³/mol. The molecule has 0 unspecified atom stereocenters. The molecule has 0 fully saturated rings. The minimum absolute atomic E-state index is 0.756. The fraction of sp³-hybridized carbons (Fsp3) is 0. The summed E-state index contributed by atoms with van der Waals surface area (Å²) in [5.41, 5.74) is 9.72. The van der Waals surface area contributed by atoms with Crippen molar-refractivity contribution in [1.82, 2.24) is 4.98 Å². The SMILES string of the molecule is Nc1cccc(-c2nc3ccccc3c3ccccc23)c1. The number of rotatable bonds is 1. The highest BCUT2D eigenvalue weighted by Gasteiger charge is 2.09. The smallest absolute Gasteiger partial charge is 0.0788 e. The van der Waals surface area contributed by atoms with E-state index in [1.54, 1.807) is 0 Å². The lowest BCUT2D eigenvalue weighted by atomic mass is 10.00. The highest BCUT2D eigenvalue weighted by molar-refractivity contribution is 6.10. The number of anilines is 1. The standard InChI is InChI=1S/C19H14N2/c20-14-7-5-6-13(12-14)19-17-10-2-1-8-15(17)16-9-3-4-11-18(16)21-19/h1-12H,20H2. The molecule has 1 heterocycles. The fourth-order valence-corrected chi connectivity index (χ4v) is 2.81. The summed E-state index contributed by atoms with van der Waals surface area (Å²) in [5, 5.41) is 3.56. The van der Waals surface area contributed by atoms with Gasteiger partial charge in [0.1, 0.15) is 0 Å². The average Bonchev–Trinajstić information content (AvgIpc) is 2.54. The number of nitrogens with two attached hydrogens (primary N) is 1. The van der Waals surface area contributed by atoms with Crippen LogP contribution >= 0.6 is 0 Å². The van der Waals surface area contributed by atoms with Gasteiger partial charge >= 0.3 is 0 Å². The van der Waals surface area contributed by atoms with E-state index in [2.05, 4.69) is 48.5 Å². The second kappa shape index (κ2) is 4.60. The molecule has 21 heavy (non-hydrogen) atoms. The van der Waals surface area contributed by atoms with Gasteiger partial charge in [-0.05, 0) is 23.6 Å². The lowest BCUT2D eigenvalue weighted by Gasteiger charge is -2.10. The first-order valence-electron chi connectivity index (χ1n) is 6.96. The van der Waals surface area contributed by atoms with Gasteiger partial charge in [0.25, 0.3) is 0 Å². The first kappa shape index (κ1) is 11.9. The topological polar surface area (TPSA) is 38.9 Å². The molecule has 0 saturated carbocycles. The van der Waals surface area contributed by atoms with Gasteiger partial charge in [0.2, 0.25) is 0 Å². The van der Waals surface area contributed by atoms with E-state index in [1.165, 1.54) is 10.8 Å². The number of hydrogen-bond acceptors (Lipinski definition) is 2. The van der Waals surface area contributed by atoms with Crippen molar-refractivity contribution in [3.63, 3.8) is 0 Å². The molecule has 4 aromatic rings. The first-order valence-corrected chi connectivity index (χ1v) is 6.96. The molecular formula is C19H14N2. The zero-order chi connectivity index (χ0) is 14.2. The van der Waals surface area contributed by atoms with Crippen LogP contribution in [0, 0.1) is 0 Å². The van der Waals surface area contributed by atoms with E-state index in [-0.39, 0.29) is 0 Å². The molecular weight excluding hydrogens is 256 g/mol. The van der Waals surface area contributed by atoms with E-state index in [4.69, 9.17) is 10.7 Å². The number of fused-ring (bicyclic) bond motifs is 3. The zero-order valence-corrected chi connectivity index (χ0v) is 11.5. The van der Waals surface area contributed by atoms with Crippen molar-refractivity contribution in [3.8, 4) is 11.3 Å². The highest BCUT2D eigenvalue weighted by atomic mass is 14.7.